The van der Waals surface area contributed by atoms with Gasteiger partial charge in [-0.1, -0.05) is 6.07 Å². The summed E-state index contributed by atoms with van der Waals surface area (Å²) >= 11 is 0. The summed E-state index contributed by atoms with van der Waals surface area (Å²) in [5.41, 5.74) is -5.66. The lowest BCUT2D eigenvalue weighted by Gasteiger charge is -2.15. The van der Waals surface area contributed by atoms with Gasteiger partial charge in [-0.3, -0.25) is 19.5 Å². The summed E-state index contributed by atoms with van der Waals surface area (Å²) in [6, 6.07) is 1.78. The van der Waals surface area contributed by atoms with Crippen LogP contribution in [-0.4, -0.2) is 14.5 Å². The van der Waals surface area contributed by atoms with E-state index in [1.165, 1.54) is 0 Å². The Balaban J connectivity index is 2.87. The van der Waals surface area contributed by atoms with E-state index in [1.807, 2.05) is 0 Å². The van der Waals surface area contributed by atoms with Crippen LogP contribution in [0.25, 0.3) is 11.1 Å². The Morgan fingerprint density at radius 3 is 2.36 bits per heavy atom. The maximum atomic E-state index is 13.4. The molecular weight excluding hydrogens is 360 g/mol. The zero-order valence-electron chi connectivity index (χ0n) is 12.1. The molecule has 1 heterocycles. The Labute approximate surface area is 134 Å². The molecule has 1 aromatic heterocycles. The van der Waals surface area contributed by atoms with Crippen LogP contribution in [0.4, 0.5) is 32.0 Å². The van der Waals surface area contributed by atoms with Gasteiger partial charge in [0, 0.05) is 13.1 Å². The smallest absolute Gasteiger partial charge is 0.292 e. The van der Waals surface area contributed by atoms with Gasteiger partial charge >= 0.3 is 11.9 Å². The van der Waals surface area contributed by atoms with Crippen molar-refractivity contribution in [1.29, 1.82) is 0 Å². The van der Waals surface area contributed by atoms with Gasteiger partial charge in [-0.05, 0) is 11.6 Å². The lowest BCUT2D eigenvalue weighted by atomic mass is 10.0. The highest BCUT2D eigenvalue weighted by molar-refractivity contribution is 5.68. The van der Waals surface area contributed by atoms with Gasteiger partial charge in [0.05, 0.1) is 10.5 Å². The van der Waals surface area contributed by atoms with E-state index in [-0.39, 0.29) is 4.57 Å². The molecule has 2 aromatic rings. The molecule has 2 rings (SSSR count). The van der Waals surface area contributed by atoms with E-state index in [4.69, 9.17) is 0 Å². The van der Waals surface area contributed by atoms with Crippen molar-refractivity contribution in [2.24, 2.45) is 7.05 Å². The summed E-state index contributed by atoms with van der Waals surface area (Å²) in [6.45, 7) is 0. The molecular formula is C13H7F6N3O3. The van der Waals surface area contributed by atoms with Crippen molar-refractivity contribution >= 4 is 5.69 Å². The molecule has 0 amide bonds. The number of halogens is 6. The first-order valence-corrected chi connectivity index (χ1v) is 6.35. The number of hydrogen-bond acceptors (Lipinski definition) is 4. The predicted octanol–water partition coefficient (Wildman–Crippen LogP) is 3.45. The van der Waals surface area contributed by atoms with Crippen LogP contribution in [0, 0.1) is 15.9 Å². The number of hydrogen-bond donors (Lipinski definition) is 0. The minimum Gasteiger partial charge on any atom is -0.292 e. The van der Waals surface area contributed by atoms with Crippen LogP contribution in [-0.2, 0) is 13.2 Å². The molecule has 0 aliphatic rings. The molecule has 0 atom stereocenters. The molecule has 0 saturated heterocycles. The average Bonchev–Trinajstić information content (AvgIpc) is 2.48. The van der Waals surface area contributed by atoms with Crippen molar-refractivity contribution in [3.05, 3.63) is 56.0 Å². The normalized spacial score (nSPS) is 11.8. The monoisotopic (exact) mass is 367 g/mol. The number of rotatable bonds is 3. The minimum atomic E-state index is -5.18. The van der Waals surface area contributed by atoms with E-state index in [9.17, 15) is 41.3 Å². The van der Waals surface area contributed by atoms with Crippen LogP contribution in [0.1, 0.15) is 17.9 Å². The highest BCUT2D eigenvalue weighted by Crippen LogP contribution is 2.33. The zero-order chi connectivity index (χ0) is 19.1. The molecule has 0 aliphatic heterocycles. The Morgan fingerprint density at radius 2 is 1.88 bits per heavy atom. The van der Waals surface area contributed by atoms with E-state index in [0.717, 1.165) is 6.07 Å². The van der Waals surface area contributed by atoms with Gasteiger partial charge in [-0.25, -0.2) is 13.8 Å². The van der Waals surface area contributed by atoms with Crippen LogP contribution in [0.15, 0.2) is 23.0 Å². The van der Waals surface area contributed by atoms with Gasteiger partial charge in [0.25, 0.3) is 12.0 Å². The van der Waals surface area contributed by atoms with Crippen molar-refractivity contribution in [2.45, 2.75) is 12.6 Å². The van der Waals surface area contributed by atoms with E-state index >= 15 is 0 Å². The first-order valence-electron chi connectivity index (χ1n) is 6.35. The second kappa shape index (κ2) is 6.18. The van der Waals surface area contributed by atoms with Crippen molar-refractivity contribution in [3.63, 3.8) is 0 Å². The maximum absolute atomic E-state index is 13.4. The largest absolute Gasteiger partial charge is 0.449 e. The highest BCUT2D eigenvalue weighted by Gasteiger charge is 2.38. The third kappa shape index (κ3) is 3.32. The molecule has 0 N–H and O–H groups in total. The number of alkyl halides is 5. The Morgan fingerprint density at radius 1 is 1.28 bits per heavy atom. The Hall–Kier alpha value is -2.92. The first-order chi connectivity index (χ1) is 11.4. The van der Waals surface area contributed by atoms with Crippen LogP contribution in [0.2, 0.25) is 0 Å². The molecule has 6 nitrogen and oxygen atoms in total. The first kappa shape index (κ1) is 18.4. The van der Waals surface area contributed by atoms with E-state index < -0.39 is 57.2 Å². The third-order valence-corrected chi connectivity index (χ3v) is 3.21. The third-order valence-electron chi connectivity index (χ3n) is 3.21. The summed E-state index contributed by atoms with van der Waals surface area (Å²) in [5, 5.41) is 10.7. The minimum absolute atomic E-state index is 0.00357. The van der Waals surface area contributed by atoms with Gasteiger partial charge in [0.2, 0.25) is 11.6 Å². The lowest BCUT2D eigenvalue weighted by Crippen LogP contribution is -2.30. The van der Waals surface area contributed by atoms with Gasteiger partial charge in [-0.15, -0.1) is 0 Å². The fourth-order valence-electron chi connectivity index (χ4n) is 2.11. The molecule has 134 valence electrons. The van der Waals surface area contributed by atoms with E-state index in [2.05, 4.69) is 4.98 Å². The topological polar surface area (TPSA) is 78.0 Å². The maximum Gasteiger partial charge on any atom is 0.449 e. The van der Waals surface area contributed by atoms with Gasteiger partial charge < -0.3 is 0 Å². The standard InChI is InChI=1S/C13H7F6N3O3/c1-21-11(23)8(5-2-3-6(14)7(4-5)22(24)25)9(10(15)16)20-12(21)13(17,18)19/h2-4,10H,1H3. The zero-order valence-corrected chi connectivity index (χ0v) is 12.1. The summed E-state index contributed by atoms with van der Waals surface area (Å²) < 4.78 is 78.1. The number of nitro groups is 1. The van der Waals surface area contributed by atoms with Gasteiger partial charge in [0.15, 0.2) is 0 Å². The molecule has 25 heavy (non-hydrogen) atoms. The molecule has 0 saturated carbocycles. The number of nitro benzene ring substituents is 1. The van der Waals surface area contributed by atoms with E-state index in [0.29, 0.717) is 19.2 Å². The van der Waals surface area contributed by atoms with Crippen LogP contribution in [0.5, 0.6) is 0 Å². The van der Waals surface area contributed by atoms with Crippen molar-refractivity contribution in [2.75, 3.05) is 0 Å². The van der Waals surface area contributed by atoms with E-state index in [1.54, 1.807) is 0 Å². The number of nitrogens with zero attached hydrogens (tertiary/aromatic N) is 3. The molecule has 0 radical (unpaired) electrons. The summed E-state index contributed by atoms with van der Waals surface area (Å²) in [5.74, 6) is -3.16. The van der Waals surface area contributed by atoms with Crippen LogP contribution in [0.3, 0.4) is 0 Å². The lowest BCUT2D eigenvalue weighted by molar-refractivity contribution is -0.387. The molecule has 12 heteroatoms. The van der Waals surface area contributed by atoms with Gasteiger partial charge in [0.1, 0.15) is 5.69 Å². The van der Waals surface area contributed by atoms with Crippen LogP contribution >= 0.6 is 0 Å². The van der Waals surface area contributed by atoms with Gasteiger partial charge in [-0.2, -0.15) is 17.6 Å². The SMILES string of the molecule is Cn1c(C(F)(F)F)nc(C(F)F)c(-c2ccc(F)c([N+](=O)[O-])c2)c1=O. The molecule has 0 unspecified atom stereocenters. The molecule has 0 fully saturated rings. The second-order valence-corrected chi connectivity index (χ2v) is 4.78. The predicted molar refractivity (Wildman–Crippen MR) is 71.5 cm³/mol. The average molecular weight is 367 g/mol. The quantitative estimate of drug-likeness (QED) is 0.473. The molecule has 0 spiro atoms. The molecule has 1 aromatic carbocycles. The fraction of sp³-hybridized carbons (Fsp3) is 0.231. The highest BCUT2D eigenvalue weighted by atomic mass is 19.4. The van der Waals surface area contributed by atoms with Crippen molar-refractivity contribution < 1.29 is 31.3 Å². The second-order valence-electron chi connectivity index (χ2n) is 4.78. The number of benzene rings is 1. The summed E-state index contributed by atoms with van der Waals surface area (Å²) in [6.07, 6.45) is -8.75. The molecule has 0 bridgehead atoms. The van der Waals surface area contributed by atoms with Crippen molar-refractivity contribution in [3.8, 4) is 11.1 Å². The summed E-state index contributed by atoms with van der Waals surface area (Å²) in [4.78, 5) is 24.5. The fourth-order valence-corrected chi connectivity index (χ4v) is 2.11. The molecule has 0 aliphatic carbocycles. The number of aromatic nitrogens is 2. The Kier molecular flexibility index (Phi) is 4.55. The Bertz CT molecular complexity index is 907. The van der Waals surface area contributed by atoms with Crippen LogP contribution < -0.4 is 5.56 Å². The summed E-state index contributed by atoms with van der Waals surface area (Å²) in [7, 11) is 0.662. The van der Waals surface area contributed by atoms with Crippen molar-refractivity contribution in [1.82, 2.24) is 9.55 Å².